The average Bonchev–Trinajstić information content (AvgIpc) is 2.95. The Bertz CT molecular complexity index is 1020. The van der Waals surface area contributed by atoms with Gasteiger partial charge in [0.05, 0.1) is 10.9 Å². The van der Waals surface area contributed by atoms with E-state index in [1.54, 1.807) is 10.9 Å². The highest BCUT2D eigenvalue weighted by atomic mass is 35.5. The van der Waals surface area contributed by atoms with Crippen LogP contribution in [0.3, 0.4) is 0 Å². The molecule has 0 bridgehead atoms. The lowest BCUT2D eigenvalue weighted by atomic mass is 9.97. The van der Waals surface area contributed by atoms with Crippen molar-refractivity contribution in [3.05, 3.63) is 46.7 Å². The zero-order valence-electron chi connectivity index (χ0n) is 15.3. The summed E-state index contributed by atoms with van der Waals surface area (Å²) in [4.78, 5) is 20.5. The summed E-state index contributed by atoms with van der Waals surface area (Å²) in [5.74, 6) is -0.735. The summed E-state index contributed by atoms with van der Waals surface area (Å²) >= 11 is 6.17. The average molecular weight is 412 g/mol. The predicted octanol–water partition coefficient (Wildman–Crippen LogP) is 4.80. The molecule has 148 valence electrons. The van der Waals surface area contributed by atoms with E-state index in [-0.39, 0.29) is 22.1 Å². The summed E-state index contributed by atoms with van der Waals surface area (Å²) < 4.78 is 39.6. The van der Waals surface area contributed by atoms with E-state index >= 15 is 0 Å². The number of carbonyl (C=O) groups is 1. The van der Waals surface area contributed by atoms with Gasteiger partial charge < -0.3 is 0 Å². The number of anilines is 1. The topological polar surface area (TPSA) is 72.7 Å². The smallest absolute Gasteiger partial charge is 0.290 e. The molecule has 0 saturated heterocycles. The predicted molar refractivity (Wildman–Crippen MR) is 99.2 cm³/mol. The molecule has 2 aromatic heterocycles. The van der Waals surface area contributed by atoms with E-state index in [1.165, 1.54) is 0 Å². The fraction of sp³-hybridized carbons (Fsp3) is 0.333. The summed E-state index contributed by atoms with van der Waals surface area (Å²) in [6.07, 6.45) is -2.74. The third-order valence-electron chi connectivity index (χ3n) is 3.72. The molecule has 3 rings (SSSR count). The summed E-state index contributed by atoms with van der Waals surface area (Å²) in [7, 11) is 0. The van der Waals surface area contributed by atoms with Gasteiger partial charge in [0.1, 0.15) is 5.15 Å². The van der Waals surface area contributed by atoms with E-state index in [9.17, 15) is 18.0 Å². The number of nitrogens with one attached hydrogen (secondary N) is 1. The number of carbonyl (C=O) groups excluding carboxylic acids is 1. The SMILES string of the molecule is CC(C)(C)Cn1cc2c(Cl)nc(NC(=O)c3ccc(C(F)(F)F)cc3)nc2n1. The second-order valence-corrected chi connectivity index (χ2v) is 7.85. The zero-order valence-corrected chi connectivity index (χ0v) is 16.1. The first-order valence-corrected chi connectivity index (χ1v) is 8.69. The van der Waals surface area contributed by atoms with Crippen molar-refractivity contribution in [3.8, 4) is 0 Å². The first-order valence-electron chi connectivity index (χ1n) is 8.32. The van der Waals surface area contributed by atoms with Crippen LogP contribution < -0.4 is 5.32 Å². The summed E-state index contributed by atoms with van der Waals surface area (Å²) in [6.45, 7) is 6.81. The molecule has 6 nitrogen and oxygen atoms in total. The van der Waals surface area contributed by atoms with Crippen LogP contribution >= 0.6 is 11.6 Å². The van der Waals surface area contributed by atoms with Crippen molar-refractivity contribution >= 4 is 34.5 Å². The Hall–Kier alpha value is -2.68. The van der Waals surface area contributed by atoms with E-state index in [0.717, 1.165) is 24.3 Å². The lowest BCUT2D eigenvalue weighted by molar-refractivity contribution is -0.137. The highest BCUT2D eigenvalue weighted by molar-refractivity contribution is 6.34. The fourth-order valence-electron chi connectivity index (χ4n) is 2.52. The van der Waals surface area contributed by atoms with Gasteiger partial charge in [0.15, 0.2) is 5.65 Å². The lowest BCUT2D eigenvalue weighted by Gasteiger charge is -2.17. The summed E-state index contributed by atoms with van der Waals surface area (Å²) in [6, 6.07) is 3.83. The van der Waals surface area contributed by atoms with Gasteiger partial charge >= 0.3 is 6.18 Å². The third-order valence-corrected chi connectivity index (χ3v) is 4.00. The minimum Gasteiger partial charge on any atom is -0.290 e. The normalized spacial score (nSPS) is 12.4. The van der Waals surface area contributed by atoms with Crippen molar-refractivity contribution < 1.29 is 18.0 Å². The molecular formula is C18H17ClF3N5O. The highest BCUT2D eigenvalue weighted by Gasteiger charge is 2.30. The van der Waals surface area contributed by atoms with Crippen molar-refractivity contribution in [2.45, 2.75) is 33.5 Å². The standard InChI is InChI=1S/C18H17ClF3N5O/c1-17(2,3)9-27-8-12-13(19)23-16(24-14(12)26-27)25-15(28)10-4-6-11(7-5-10)18(20,21)22/h4-8H,9H2,1-3H3,(H,24,25,26,28). The molecule has 0 unspecified atom stereocenters. The Labute approximate surface area is 163 Å². The zero-order chi connectivity index (χ0) is 20.7. The molecule has 0 radical (unpaired) electrons. The van der Waals surface area contributed by atoms with Crippen LogP contribution in [0.15, 0.2) is 30.5 Å². The fourth-order valence-corrected chi connectivity index (χ4v) is 2.74. The lowest BCUT2D eigenvalue weighted by Crippen LogP contribution is -2.16. The Balaban J connectivity index is 1.82. The minimum absolute atomic E-state index is 0.0123. The number of halogens is 4. The van der Waals surface area contributed by atoms with Crippen LogP contribution in [-0.2, 0) is 12.7 Å². The van der Waals surface area contributed by atoms with Crippen LogP contribution in [0.2, 0.25) is 5.15 Å². The van der Waals surface area contributed by atoms with Crippen molar-refractivity contribution in [3.63, 3.8) is 0 Å². The molecule has 0 aliphatic rings. The second kappa shape index (κ2) is 7.05. The Kier molecular flexibility index (Phi) is 5.05. The van der Waals surface area contributed by atoms with Gasteiger partial charge in [-0.25, -0.2) is 0 Å². The highest BCUT2D eigenvalue weighted by Crippen LogP contribution is 2.29. The molecule has 1 amide bonds. The van der Waals surface area contributed by atoms with Gasteiger partial charge in [0.25, 0.3) is 5.91 Å². The molecule has 0 saturated carbocycles. The number of aromatic nitrogens is 4. The van der Waals surface area contributed by atoms with Crippen molar-refractivity contribution in [2.24, 2.45) is 5.41 Å². The Morgan fingerprint density at radius 1 is 1.14 bits per heavy atom. The molecule has 0 aliphatic carbocycles. The number of amides is 1. The maximum atomic E-state index is 12.6. The van der Waals surface area contributed by atoms with E-state index < -0.39 is 17.6 Å². The molecule has 0 fully saturated rings. The second-order valence-electron chi connectivity index (χ2n) is 7.49. The number of alkyl halides is 3. The maximum absolute atomic E-state index is 12.6. The van der Waals surface area contributed by atoms with Crippen LogP contribution in [0.4, 0.5) is 19.1 Å². The number of fused-ring (bicyclic) bond motifs is 1. The third kappa shape index (κ3) is 4.59. The van der Waals surface area contributed by atoms with Crippen LogP contribution in [-0.4, -0.2) is 25.7 Å². The molecule has 0 atom stereocenters. The van der Waals surface area contributed by atoms with Gasteiger partial charge in [-0.05, 0) is 29.7 Å². The van der Waals surface area contributed by atoms with Crippen LogP contribution in [0.1, 0.15) is 36.7 Å². The molecule has 1 aromatic carbocycles. The van der Waals surface area contributed by atoms with Crippen molar-refractivity contribution in [1.82, 2.24) is 19.7 Å². The van der Waals surface area contributed by atoms with Gasteiger partial charge in [0.2, 0.25) is 5.95 Å². The molecule has 3 aromatic rings. The molecular weight excluding hydrogens is 395 g/mol. The summed E-state index contributed by atoms with van der Waals surface area (Å²) in [5, 5.41) is 7.43. The van der Waals surface area contributed by atoms with Gasteiger partial charge in [-0.1, -0.05) is 32.4 Å². The minimum atomic E-state index is -4.47. The van der Waals surface area contributed by atoms with Crippen LogP contribution in [0.25, 0.3) is 11.0 Å². The monoisotopic (exact) mass is 411 g/mol. The molecule has 0 aliphatic heterocycles. The number of hydrogen-bond donors (Lipinski definition) is 1. The largest absolute Gasteiger partial charge is 0.416 e. The first kappa shape index (κ1) is 20.1. The van der Waals surface area contributed by atoms with Crippen LogP contribution in [0, 0.1) is 5.41 Å². The van der Waals surface area contributed by atoms with Gasteiger partial charge in [-0.15, -0.1) is 0 Å². The number of nitrogens with zero attached hydrogens (tertiary/aromatic N) is 4. The number of hydrogen-bond acceptors (Lipinski definition) is 4. The molecule has 0 spiro atoms. The molecule has 2 heterocycles. The number of rotatable bonds is 3. The first-order chi connectivity index (χ1) is 12.9. The van der Waals surface area contributed by atoms with Gasteiger partial charge in [-0.2, -0.15) is 28.2 Å². The van der Waals surface area contributed by atoms with E-state index in [2.05, 4.69) is 41.2 Å². The molecule has 1 N–H and O–H groups in total. The number of benzene rings is 1. The molecule has 10 heteroatoms. The van der Waals surface area contributed by atoms with E-state index in [0.29, 0.717) is 17.6 Å². The maximum Gasteiger partial charge on any atom is 0.416 e. The Morgan fingerprint density at radius 2 is 1.79 bits per heavy atom. The quantitative estimate of drug-likeness (QED) is 0.628. The van der Waals surface area contributed by atoms with Crippen molar-refractivity contribution in [2.75, 3.05) is 5.32 Å². The van der Waals surface area contributed by atoms with E-state index in [4.69, 9.17) is 11.6 Å². The van der Waals surface area contributed by atoms with E-state index in [1.807, 2.05) is 0 Å². The van der Waals surface area contributed by atoms with Crippen molar-refractivity contribution in [1.29, 1.82) is 0 Å². The molecule has 28 heavy (non-hydrogen) atoms. The Morgan fingerprint density at radius 3 is 2.36 bits per heavy atom. The van der Waals surface area contributed by atoms with Gasteiger partial charge in [0, 0.05) is 18.3 Å². The van der Waals surface area contributed by atoms with Crippen LogP contribution in [0.5, 0.6) is 0 Å². The summed E-state index contributed by atoms with van der Waals surface area (Å²) in [5.41, 5.74) is -0.506. The van der Waals surface area contributed by atoms with Gasteiger partial charge in [-0.3, -0.25) is 14.8 Å².